The smallest absolute Gasteiger partial charge is 0.411 e. The summed E-state index contributed by atoms with van der Waals surface area (Å²) in [7, 11) is 0. The van der Waals surface area contributed by atoms with Crippen molar-refractivity contribution in [1.29, 1.82) is 0 Å². The molecule has 1 atom stereocenters. The highest BCUT2D eigenvalue weighted by atomic mass is 16.6. The first kappa shape index (κ1) is 15.3. The number of rotatable bonds is 4. The standard InChI is InChI=1S/C12H20N2O3/c1-6-9-14(10(2)7-8-13-16)11(15)17-12(3,4)5/h1,8,10,16H,7,9H2,2-5H3/b13-8+/t10-/m0/s1. The van der Waals surface area contributed by atoms with E-state index in [9.17, 15) is 4.79 Å². The molecular formula is C12H20N2O3. The Balaban J connectivity index is 4.61. The van der Waals surface area contributed by atoms with Gasteiger partial charge in [0.05, 0.1) is 6.54 Å². The van der Waals surface area contributed by atoms with E-state index in [0.29, 0.717) is 6.42 Å². The summed E-state index contributed by atoms with van der Waals surface area (Å²) in [6, 6.07) is -0.184. The molecule has 0 aromatic heterocycles. The van der Waals surface area contributed by atoms with E-state index in [4.69, 9.17) is 16.4 Å². The van der Waals surface area contributed by atoms with Gasteiger partial charge in [-0.25, -0.2) is 4.79 Å². The molecule has 5 heteroatoms. The fraction of sp³-hybridized carbons (Fsp3) is 0.667. The van der Waals surface area contributed by atoms with E-state index in [1.54, 1.807) is 20.8 Å². The third-order valence-corrected chi connectivity index (χ3v) is 1.95. The van der Waals surface area contributed by atoms with E-state index >= 15 is 0 Å². The lowest BCUT2D eigenvalue weighted by molar-refractivity contribution is 0.0213. The predicted molar refractivity (Wildman–Crippen MR) is 66.1 cm³/mol. The largest absolute Gasteiger partial charge is 0.444 e. The topological polar surface area (TPSA) is 62.1 Å². The number of hydrogen-bond donors (Lipinski definition) is 1. The fourth-order valence-corrected chi connectivity index (χ4v) is 1.15. The van der Waals surface area contributed by atoms with Crippen LogP contribution in [0.15, 0.2) is 5.16 Å². The zero-order chi connectivity index (χ0) is 13.5. The van der Waals surface area contributed by atoms with Gasteiger partial charge in [-0.1, -0.05) is 5.92 Å². The lowest BCUT2D eigenvalue weighted by atomic mass is 10.2. The summed E-state index contributed by atoms with van der Waals surface area (Å²) in [5.74, 6) is 2.41. The molecule has 0 bridgehead atoms. The number of nitrogens with zero attached hydrogens (tertiary/aromatic N) is 2. The average molecular weight is 240 g/mol. The van der Waals surface area contributed by atoms with E-state index in [1.165, 1.54) is 11.1 Å². The second-order valence-corrected chi connectivity index (χ2v) is 4.70. The Bertz CT molecular complexity index is 313. The Kier molecular flexibility index (Phi) is 6.11. The van der Waals surface area contributed by atoms with Gasteiger partial charge < -0.3 is 9.94 Å². The maximum absolute atomic E-state index is 11.9. The number of amides is 1. The fourth-order valence-electron chi connectivity index (χ4n) is 1.15. The van der Waals surface area contributed by atoms with Crippen LogP contribution in [-0.4, -0.2) is 40.6 Å². The van der Waals surface area contributed by atoms with Gasteiger partial charge in [0.25, 0.3) is 0 Å². The third-order valence-electron chi connectivity index (χ3n) is 1.95. The zero-order valence-electron chi connectivity index (χ0n) is 10.8. The van der Waals surface area contributed by atoms with E-state index in [0.717, 1.165) is 0 Å². The first-order valence-electron chi connectivity index (χ1n) is 5.40. The molecule has 0 spiro atoms. The average Bonchev–Trinajstić information content (AvgIpc) is 2.19. The van der Waals surface area contributed by atoms with Crippen molar-refractivity contribution in [3.63, 3.8) is 0 Å². The van der Waals surface area contributed by atoms with Crippen molar-refractivity contribution in [3.05, 3.63) is 0 Å². The van der Waals surface area contributed by atoms with Crippen LogP contribution in [0.5, 0.6) is 0 Å². The van der Waals surface area contributed by atoms with Crippen molar-refractivity contribution in [1.82, 2.24) is 4.90 Å². The minimum absolute atomic E-state index is 0.162. The summed E-state index contributed by atoms with van der Waals surface area (Å²) < 4.78 is 5.24. The molecule has 0 aromatic carbocycles. The number of carbonyl (C=O) groups is 1. The molecule has 5 nitrogen and oxygen atoms in total. The van der Waals surface area contributed by atoms with Gasteiger partial charge in [-0.15, -0.1) is 11.6 Å². The molecule has 0 heterocycles. The molecule has 96 valence electrons. The Hall–Kier alpha value is -1.70. The first-order chi connectivity index (χ1) is 7.81. The zero-order valence-corrected chi connectivity index (χ0v) is 10.8. The molecule has 0 aliphatic rings. The molecule has 1 amide bonds. The van der Waals surface area contributed by atoms with Crippen molar-refractivity contribution in [3.8, 4) is 12.3 Å². The van der Waals surface area contributed by atoms with Crippen LogP contribution in [0.25, 0.3) is 0 Å². The van der Waals surface area contributed by atoms with Gasteiger partial charge in [-0.3, -0.25) is 4.90 Å². The van der Waals surface area contributed by atoms with Crippen molar-refractivity contribution in [2.45, 2.75) is 45.8 Å². The summed E-state index contributed by atoms with van der Waals surface area (Å²) in [5, 5.41) is 11.2. The summed E-state index contributed by atoms with van der Waals surface area (Å²) in [6.07, 6.45) is 6.48. The van der Waals surface area contributed by atoms with Crippen LogP contribution in [-0.2, 0) is 4.74 Å². The maximum atomic E-state index is 11.9. The van der Waals surface area contributed by atoms with Crippen LogP contribution in [0, 0.1) is 12.3 Å². The lowest BCUT2D eigenvalue weighted by Gasteiger charge is -2.29. The highest BCUT2D eigenvalue weighted by Crippen LogP contribution is 2.12. The lowest BCUT2D eigenvalue weighted by Crippen LogP contribution is -2.42. The van der Waals surface area contributed by atoms with Gasteiger partial charge in [0, 0.05) is 18.7 Å². The van der Waals surface area contributed by atoms with Crippen molar-refractivity contribution >= 4 is 12.3 Å². The van der Waals surface area contributed by atoms with E-state index < -0.39 is 11.7 Å². The Labute approximate surface area is 102 Å². The molecule has 0 rings (SSSR count). The maximum Gasteiger partial charge on any atom is 0.411 e. The number of hydrogen-bond acceptors (Lipinski definition) is 4. The molecular weight excluding hydrogens is 220 g/mol. The first-order valence-corrected chi connectivity index (χ1v) is 5.40. The van der Waals surface area contributed by atoms with E-state index in [-0.39, 0.29) is 12.6 Å². The number of terminal acetylenes is 1. The van der Waals surface area contributed by atoms with Crippen molar-refractivity contribution in [2.24, 2.45) is 5.16 Å². The van der Waals surface area contributed by atoms with Crippen molar-refractivity contribution < 1.29 is 14.7 Å². The highest BCUT2D eigenvalue weighted by molar-refractivity contribution is 5.70. The summed E-state index contributed by atoms with van der Waals surface area (Å²) >= 11 is 0. The Morgan fingerprint density at radius 2 is 2.24 bits per heavy atom. The number of oxime groups is 1. The molecule has 17 heavy (non-hydrogen) atoms. The Morgan fingerprint density at radius 1 is 1.65 bits per heavy atom. The predicted octanol–water partition coefficient (Wildman–Crippen LogP) is 2.10. The molecule has 0 saturated carbocycles. The quantitative estimate of drug-likeness (QED) is 0.354. The van der Waals surface area contributed by atoms with Crippen LogP contribution < -0.4 is 0 Å². The van der Waals surface area contributed by atoms with Crippen LogP contribution >= 0.6 is 0 Å². The normalized spacial score (nSPS) is 13.1. The number of ether oxygens (including phenoxy) is 1. The highest BCUT2D eigenvalue weighted by Gasteiger charge is 2.24. The minimum Gasteiger partial charge on any atom is -0.444 e. The van der Waals surface area contributed by atoms with Crippen molar-refractivity contribution in [2.75, 3.05) is 6.54 Å². The van der Waals surface area contributed by atoms with Crippen LogP contribution in [0.4, 0.5) is 4.79 Å². The minimum atomic E-state index is -0.561. The van der Waals surface area contributed by atoms with Gasteiger partial charge in [-0.2, -0.15) is 0 Å². The molecule has 0 unspecified atom stereocenters. The molecule has 0 aliphatic heterocycles. The molecule has 1 N–H and O–H groups in total. The molecule has 0 radical (unpaired) electrons. The van der Waals surface area contributed by atoms with Crippen LogP contribution in [0.2, 0.25) is 0 Å². The molecule has 0 aromatic rings. The summed E-state index contributed by atoms with van der Waals surface area (Å²) in [4.78, 5) is 13.3. The van der Waals surface area contributed by atoms with E-state index in [1.807, 2.05) is 6.92 Å². The van der Waals surface area contributed by atoms with Gasteiger partial charge in [-0.05, 0) is 27.7 Å². The second kappa shape index (κ2) is 6.79. The molecule has 0 fully saturated rings. The monoisotopic (exact) mass is 240 g/mol. The number of carbonyl (C=O) groups excluding carboxylic acids is 1. The van der Waals surface area contributed by atoms with Crippen LogP contribution in [0.1, 0.15) is 34.1 Å². The van der Waals surface area contributed by atoms with Gasteiger partial charge >= 0.3 is 6.09 Å². The SMILES string of the molecule is C#CCN(C(=O)OC(C)(C)C)[C@@H](C)C/C=N/O. The molecule has 0 aliphatic carbocycles. The Morgan fingerprint density at radius 3 is 2.65 bits per heavy atom. The van der Waals surface area contributed by atoms with Gasteiger partial charge in [0.2, 0.25) is 0 Å². The molecule has 0 saturated heterocycles. The van der Waals surface area contributed by atoms with Gasteiger partial charge in [0.1, 0.15) is 5.60 Å². The van der Waals surface area contributed by atoms with Gasteiger partial charge in [0.15, 0.2) is 0 Å². The third kappa shape index (κ3) is 6.46. The summed E-state index contributed by atoms with van der Waals surface area (Å²) in [5.41, 5.74) is -0.561. The van der Waals surface area contributed by atoms with E-state index in [2.05, 4.69) is 11.1 Å². The second-order valence-electron chi connectivity index (χ2n) is 4.70. The summed E-state index contributed by atoms with van der Waals surface area (Å²) in [6.45, 7) is 7.34. The van der Waals surface area contributed by atoms with Crippen LogP contribution in [0.3, 0.4) is 0 Å².